The van der Waals surface area contributed by atoms with Crippen molar-refractivity contribution in [3.05, 3.63) is 29.8 Å². The number of guanidine groups is 1. The Morgan fingerprint density at radius 3 is 2.68 bits per heavy atom. The highest BCUT2D eigenvalue weighted by Crippen LogP contribution is 2.23. The number of methoxy groups -OCH3 is 1. The Balaban J connectivity index is 1.84. The maximum absolute atomic E-state index is 5.82. The fourth-order valence-electron chi connectivity index (χ4n) is 2.69. The molecule has 1 atom stereocenters. The zero-order chi connectivity index (χ0) is 18.0. The van der Waals surface area contributed by atoms with Crippen LogP contribution in [0.2, 0.25) is 0 Å². The first-order valence-electron chi connectivity index (χ1n) is 9.02. The van der Waals surface area contributed by atoms with Crippen molar-refractivity contribution >= 4 is 5.96 Å². The van der Waals surface area contributed by atoms with Crippen molar-refractivity contribution in [3.8, 4) is 5.75 Å². The van der Waals surface area contributed by atoms with Gasteiger partial charge in [-0.1, -0.05) is 12.1 Å². The summed E-state index contributed by atoms with van der Waals surface area (Å²) in [4.78, 5) is 4.66. The second kappa shape index (κ2) is 10.3. The lowest BCUT2D eigenvalue weighted by Crippen LogP contribution is -2.45. The number of nitrogens with one attached hydrogen (secondary N) is 2. The fourth-order valence-corrected chi connectivity index (χ4v) is 2.69. The lowest BCUT2D eigenvalue weighted by atomic mass is 10.0. The minimum absolute atomic E-state index is 0.0859. The third-order valence-electron chi connectivity index (χ3n) is 4.17. The fraction of sp³-hybridized carbons (Fsp3) is 0.632. The molecule has 0 aromatic heterocycles. The van der Waals surface area contributed by atoms with Crippen molar-refractivity contribution in [2.45, 2.75) is 38.8 Å². The van der Waals surface area contributed by atoms with E-state index >= 15 is 0 Å². The van der Waals surface area contributed by atoms with Crippen LogP contribution in [0, 0.1) is 0 Å². The van der Waals surface area contributed by atoms with Crippen LogP contribution in [0.4, 0.5) is 0 Å². The van der Waals surface area contributed by atoms with E-state index in [0.717, 1.165) is 49.8 Å². The highest BCUT2D eigenvalue weighted by atomic mass is 16.5. The molecule has 0 radical (unpaired) electrons. The number of ether oxygens (including phenoxy) is 3. The summed E-state index contributed by atoms with van der Waals surface area (Å²) in [5.41, 5.74) is 1.05. The molecule has 1 aliphatic heterocycles. The van der Waals surface area contributed by atoms with Crippen molar-refractivity contribution in [1.82, 2.24) is 10.6 Å². The average molecular weight is 349 g/mol. The predicted octanol–water partition coefficient (Wildman–Crippen LogP) is 2.34. The van der Waals surface area contributed by atoms with Gasteiger partial charge in [0.1, 0.15) is 12.4 Å². The summed E-state index contributed by atoms with van der Waals surface area (Å²) in [6.45, 7) is 8.43. The largest absolute Gasteiger partial charge is 0.491 e. The normalized spacial score (nSPS) is 20.5. The maximum Gasteiger partial charge on any atom is 0.191 e. The van der Waals surface area contributed by atoms with Crippen molar-refractivity contribution in [2.75, 3.05) is 40.0 Å². The minimum atomic E-state index is -0.0859. The molecule has 0 spiro atoms. The van der Waals surface area contributed by atoms with Gasteiger partial charge in [0.15, 0.2) is 5.96 Å². The van der Waals surface area contributed by atoms with Gasteiger partial charge in [0.2, 0.25) is 0 Å². The first-order valence-corrected chi connectivity index (χ1v) is 9.02. The van der Waals surface area contributed by atoms with Crippen LogP contribution in [0.15, 0.2) is 29.3 Å². The maximum atomic E-state index is 5.82. The van der Waals surface area contributed by atoms with E-state index < -0.39 is 0 Å². The van der Waals surface area contributed by atoms with Crippen molar-refractivity contribution in [3.63, 3.8) is 0 Å². The topological polar surface area (TPSA) is 64.1 Å². The van der Waals surface area contributed by atoms with Crippen molar-refractivity contribution in [1.29, 1.82) is 0 Å². The first kappa shape index (κ1) is 19.5. The smallest absolute Gasteiger partial charge is 0.191 e. The van der Waals surface area contributed by atoms with Crippen LogP contribution in [0.5, 0.6) is 5.75 Å². The summed E-state index contributed by atoms with van der Waals surface area (Å²) >= 11 is 0. The first-order chi connectivity index (χ1) is 12.1. The van der Waals surface area contributed by atoms with E-state index in [1.54, 1.807) is 7.11 Å². The van der Waals surface area contributed by atoms with E-state index in [2.05, 4.69) is 29.5 Å². The summed E-state index contributed by atoms with van der Waals surface area (Å²) in [6, 6.07) is 8.01. The van der Waals surface area contributed by atoms with Crippen LogP contribution < -0.4 is 15.4 Å². The van der Waals surface area contributed by atoms with E-state index in [1.165, 1.54) is 0 Å². The van der Waals surface area contributed by atoms with E-state index in [9.17, 15) is 0 Å². The van der Waals surface area contributed by atoms with Gasteiger partial charge in [-0.15, -0.1) is 0 Å². The molecule has 1 heterocycles. The zero-order valence-electron chi connectivity index (χ0n) is 15.6. The molecule has 140 valence electrons. The van der Waals surface area contributed by atoms with Crippen LogP contribution in [0.1, 0.15) is 32.3 Å². The number of hydrogen-bond acceptors (Lipinski definition) is 4. The second-order valence-corrected chi connectivity index (χ2v) is 6.44. The Morgan fingerprint density at radius 2 is 2.04 bits per heavy atom. The summed E-state index contributed by atoms with van der Waals surface area (Å²) in [5.74, 6) is 1.67. The van der Waals surface area contributed by atoms with E-state index in [4.69, 9.17) is 14.2 Å². The Morgan fingerprint density at radius 1 is 1.24 bits per heavy atom. The molecule has 6 heteroatoms. The standard InChI is InChI=1S/C19H31N3O3/c1-4-20-18(22-15-19(2)10-5-11-25-19)21-14-16-6-8-17(9-7-16)24-13-12-23-3/h6-9H,4-5,10-15H2,1-3H3,(H2,20,21,22). The van der Waals surface area contributed by atoms with Crippen LogP contribution in [0.3, 0.4) is 0 Å². The highest BCUT2D eigenvalue weighted by molar-refractivity contribution is 5.79. The third-order valence-corrected chi connectivity index (χ3v) is 4.17. The van der Waals surface area contributed by atoms with Gasteiger partial charge in [0.05, 0.1) is 18.8 Å². The molecule has 1 unspecified atom stereocenters. The Kier molecular flexibility index (Phi) is 8.01. The van der Waals surface area contributed by atoms with Gasteiger partial charge in [-0.2, -0.15) is 0 Å². The second-order valence-electron chi connectivity index (χ2n) is 6.44. The van der Waals surface area contributed by atoms with Gasteiger partial charge >= 0.3 is 0 Å². The molecular formula is C19H31N3O3. The molecule has 25 heavy (non-hydrogen) atoms. The zero-order valence-corrected chi connectivity index (χ0v) is 15.6. The van der Waals surface area contributed by atoms with E-state index in [0.29, 0.717) is 19.8 Å². The summed E-state index contributed by atoms with van der Waals surface area (Å²) in [7, 11) is 1.67. The number of hydrogen-bond donors (Lipinski definition) is 2. The minimum Gasteiger partial charge on any atom is -0.491 e. The Labute approximate surface area is 151 Å². The highest BCUT2D eigenvalue weighted by Gasteiger charge is 2.29. The molecule has 0 bridgehead atoms. The van der Waals surface area contributed by atoms with Crippen molar-refractivity contribution < 1.29 is 14.2 Å². The molecule has 0 saturated carbocycles. The van der Waals surface area contributed by atoms with Crippen LogP contribution in [-0.2, 0) is 16.0 Å². The van der Waals surface area contributed by atoms with Gasteiger partial charge < -0.3 is 24.8 Å². The lowest BCUT2D eigenvalue weighted by molar-refractivity contribution is 0.0243. The Bertz CT molecular complexity index is 525. The van der Waals surface area contributed by atoms with E-state index in [-0.39, 0.29) is 5.60 Å². The van der Waals surface area contributed by atoms with Crippen LogP contribution >= 0.6 is 0 Å². The van der Waals surface area contributed by atoms with Gasteiger partial charge in [-0.3, -0.25) is 0 Å². The number of rotatable bonds is 9. The molecule has 6 nitrogen and oxygen atoms in total. The quantitative estimate of drug-likeness (QED) is 0.407. The lowest BCUT2D eigenvalue weighted by Gasteiger charge is -2.24. The van der Waals surface area contributed by atoms with Crippen LogP contribution in [0.25, 0.3) is 0 Å². The molecule has 1 saturated heterocycles. The molecular weight excluding hydrogens is 318 g/mol. The van der Waals surface area contributed by atoms with Gasteiger partial charge in [-0.05, 0) is 44.4 Å². The number of nitrogens with zero attached hydrogens (tertiary/aromatic N) is 1. The molecule has 1 aromatic rings. The molecule has 1 fully saturated rings. The number of aliphatic imine (C=N–C) groups is 1. The molecule has 2 rings (SSSR count). The average Bonchev–Trinajstić information content (AvgIpc) is 3.06. The van der Waals surface area contributed by atoms with Crippen LogP contribution in [-0.4, -0.2) is 51.6 Å². The predicted molar refractivity (Wildman–Crippen MR) is 100 cm³/mol. The summed E-state index contributed by atoms with van der Waals surface area (Å²) < 4.78 is 16.4. The van der Waals surface area contributed by atoms with Gasteiger partial charge in [0, 0.05) is 26.8 Å². The molecule has 1 aliphatic rings. The monoisotopic (exact) mass is 349 g/mol. The summed E-state index contributed by atoms with van der Waals surface area (Å²) in [5, 5.41) is 6.68. The SMILES string of the molecule is CCNC(=NCc1ccc(OCCOC)cc1)NCC1(C)CCCO1. The molecule has 0 amide bonds. The molecule has 2 N–H and O–H groups in total. The van der Waals surface area contributed by atoms with Gasteiger partial charge in [-0.25, -0.2) is 4.99 Å². The molecule has 0 aliphatic carbocycles. The third kappa shape index (κ3) is 6.92. The summed E-state index contributed by atoms with van der Waals surface area (Å²) in [6.07, 6.45) is 2.22. The Hall–Kier alpha value is -1.79. The van der Waals surface area contributed by atoms with Crippen molar-refractivity contribution in [2.24, 2.45) is 4.99 Å². The molecule has 1 aromatic carbocycles. The number of benzene rings is 1. The van der Waals surface area contributed by atoms with Gasteiger partial charge in [0.25, 0.3) is 0 Å². The van der Waals surface area contributed by atoms with E-state index in [1.807, 2.05) is 24.3 Å².